The molecule has 1 heterocycles. The third-order valence-corrected chi connectivity index (χ3v) is 4.96. The number of carbonyl (C=O) groups excluding carboxylic acids is 1. The quantitative estimate of drug-likeness (QED) is 0.477. The van der Waals surface area contributed by atoms with Crippen LogP contribution >= 0.6 is 0 Å². The monoisotopic (exact) mass is 406 g/mol. The number of rotatable bonds is 11. The van der Waals surface area contributed by atoms with Crippen molar-refractivity contribution in [3.05, 3.63) is 72.3 Å². The van der Waals surface area contributed by atoms with Crippen LogP contribution in [0.5, 0.6) is 5.88 Å². The van der Waals surface area contributed by atoms with Crippen LogP contribution in [0.4, 0.5) is 0 Å². The fraction of sp³-hybridized carbons (Fsp3) is 0.333. The number of benzene rings is 2. The van der Waals surface area contributed by atoms with E-state index in [-0.39, 0.29) is 5.91 Å². The standard InChI is InChI=1S/C24H30N4O2/c25-15-6-11-21(26)24(29)28(18-19-8-2-1-3-9-19)16-7-17-30-23-14-13-20-10-4-5-12-22(20)27-23/h1-5,8-10,12-14,21H,6-7,11,15-18,25-26H2/t21-/m0/s1. The van der Waals surface area contributed by atoms with Crippen LogP contribution < -0.4 is 16.2 Å². The number of fused-ring (bicyclic) bond motifs is 1. The molecular formula is C24H30N4O2. The summed E-state index contributed by atoms with van der Waals surface area (Å²) >= 11 is 0. The van der Waals surface area contributed by atoms with Gasteiger partial charge in [-0.05, 0) is 43.5 Å². The zero-order valence-electron chi connectivity index (χ0n) is 17.2. The molecule has 2 aromatic carbocycles. The highest BCUT2D eigenvalue weighted by atomic mass is 16.5. The Hall–Kier alpha value is -2.96. The van der Waals surface area contributed by atoms with Gasteiger partial charge in [0.1, 0.15) is 0 Å². The van der Waals surface area contributed by atoms with E-state index < -0.39 is 6.04 Å². The van der Waals surface area contributed by atoms with Crippen molar-refractivity contribution in [1.82, 2.24) is 9.88 Å². The summed E-state index contributed by atoms with van der Waals surface area (Å²) in [6.07, 6.45) is 2.03. The van der Waals surface area contributed by atoms with E-state index in [1.807, 2.05) is 71.6 Å². The van der Waals surface area contributed by atoms with Gasteiger partial charge in [-0.1, -0.05) is 48.5 Å². The zero-order valence-corrected chi connectivity index (χ0v) is 17.2. The van der Waals surface area contributed by atoms with Crippen molar-refractivity contribution in [3.8, 4) is 5.88 Å². The third-order valence-electron chi connectivity index (χ3n) is 4.96. The number of hydrogen-bond acceptors (Lipinski definition) is 5. The molecule has 0 aliphatic rings. The molecule has 0 saturated heterocycles. The molecule has 0 unspecified atom stereocenters. The molecule has 0 fully saturated rings. The van der Waals surface area contributed by atoms with Gasteiger partial charge in [0, 0.05) is 24.5 Å². The highest BCUT2D eigenvalue weighted by Gasteiger charge is 2.20. The summed E-state index contributed by atoms with van der Waals surface area (Å²) in [4.78, 5) is 19.2. The molecular weight excluding hydrogens is 376 g/mol. The second-order valence-corrected chi connectivity index (χ2v) is 7.33. The Morgan fingerprint density at radius 3 is 2.57 bits per heavy atom. The van der Waals surface area contributed by atoms with E-state index in [9.17, 15) is 4.79 Å². The molecule has 3 rings (SSSR count). The Kier molecular flexibility index (Phi) is 8.18. The maximum Gasteiger partial charge on any atom is 0.239 e. The predicted octanol–water partition coefficient (Wildman–Crippen LogP) is 3.10. The summed E-state index contributed by atoms with van der Waals surface area (Å²) in [6, 6.07) is 21.2. The minimum atomic E-state index is -0.527. The lowest BCUT2D eigenvalue weighted by molar-refractivity contribution is -0.133. The van der Waals surface area contributed by atoms with Crippen LogP contribution in [0.25, 0.3) is 10.9 Å². The van der Waals surface area contributed by atoms with E-state index in [4.69, 9.17) is 16.2 Å². The van der Waals surface area contributed by atoms with E-state index in [1.165, 1.54) is 0 Å². The summed E-state index contributed by atoms with van der Waals surface area (Å²) in [5, 5.41) is 1.08. The van der Waals surface area contributed by atoms with Crippen LogP contribution in [0.15, 0.2) is 66.7 Å². The summed E-state index contributed by atoms with van der Waals surface area (Å²) < 4.78 is 5.82. The van der Waals surface area contributed by atoms with Gasteiger partial charge in [0.15, 0.2) is 0 Å². The second-order valence-electron chi connectivity index (χ2n) is 7.33. The first-order valence-corrected chi connectivity index (χ1v) is 10.4. The van der Waals surface area contributed by atoms with Crippen LogP contribution in [-0.4, -0.2) is 41.5 Å². The maximum atomic E-state index is 12.9. The van der Waals surface area contributed by atoms with Crippen LogP contribution in [-0.2, 0) is 11.3 Å². The van der Waals surface area contributed by atoms with Gasteiger partial charge in [-0.15, -0.1) is 0 Å². The fourth-order valence-corrected chi connectivity index (χ4v) is 3.33. The van der Waals surface area contributed by atoms with Gasteiger partial charge in [-0.25, -0.2) is 4.98 Å². The smallest absolute Gasteiger partial charge is 0.239 e. The van der Waals surface area contributed by atoms with Crippen molar-refractivity contribution in [2.75, 3.05) is 19.7 Å². The second kappa shape index (κ2) is 11.3. The summed E-state index contributed by atoms with van der Waals surface area (Å²) in [5.74, 6) is 0.547. The van der Waals surface area contributed by atoms with E-state index in [0.717, 1.165) is 22.9 Å². The molecule has 0 saturated carbocycles. The Balaban J connectivity index is 1.56. The number of nitrogens with two attached hydrogens (primary N) is 2. The maximum absolute atomic E-state index is 12.9. The minimum absolute atomic E-state index is 0.0452. The highest BCUT2D eigenvalue weighted by molar-refractivity contribution is 5.81. The number of aromatic nitrogens is 1. The van der Waals surface area contributed by atoms with Gasteiger partial charge in [-0.2, -0.15) is 0 Å². The first-order valence-electron chi connectivity index (χ1n) is 10.4. The topological polar surface area (TPSA) is 94.5 Å². The lowest BCUT2D eigenvalue weighted by atomic mass is 10.1. The molecule has 0 aliphatic heterocycles. The molecule has 6 nitrogen and oxygen atoms in total. The van der Waals surface area contributed by atoms with Crippen LogP contribution in [0.3, 0.4) is 0 Å². The number of hydrogen-bond donors (Lipinski definition) is 2. The van der Waals surface area contributed by atoms with Crippen molar-refractivity contribution < 1.29 is 9.53 Å². The van der Waals surface area contributed by atoms with Crippen molar-refractivity contribution >= 4 is 16.8 Å². The van der Waals surface area contributed by atoms with Gasteiger partial charge in [0.2, 0.25) is 11.8 Å². The molecule has 0 aliphatic carbocycles. The number of amides is 1. The van der Waals surface area contributed by atoms with E-state index >= 15 is 0 Å². The molecule has 30 heavy (non-hydrogen) atoms. The molecule has 0 radical (unpaired) electrons. The number of pyridine rings is 1. The molecule has 1 atom stereocenters. The van der Waals surface area contributed by atoms with Crippen molar-refractivity contribution in [2.45, 2.75) is 31.8 Å². The van der Waals surface area contributed by atoms with E-state index in [1.54, 1.807) is 0 Å². The Labute approximate surface area is 177 Å². The predicted molar refractivity (Wildman–Crippen MR) is 120 cm³/mol. The Morgan fingerprint density at radius 2 is 1.77 bits per heavy atom. The minimum Gasteiger partial charge on any atom is -0.478 e. The molecule has 0 spiro atoms. The molecule has 4 N–H and O–H groups in total. The largest absolute Gasteiger partial charge is 0.478 e. The first-order chi connectivity index (χ1) is 14.7. The summed E-state index contributed by atoms with van der Waals surface area (Å²) in [6.45, 7) is 2.11. The first kappa shape index (κ1) is 21.7. The number of para-hydroxylation sites is 1. The molecule has 3 aromatic rings. The van der Waals surface area contributed by atoms with Gasteiger partial charge >= 0.3 is 0 Å². The molecule has 1 amide bonds. The third kappa shape index (κ3) is 6.27. The van der Waals surface area contributed by atoms with Crippen molar-refractivity contribution in [2.24, 2.45) is 11.5 Å². The van der Waals surface area contributed by atoms with Crippen LogP contribution in [0.1, 0.15) is 24.8 Å². The van der Waals surface area contributed by atoms with Crippen molar-refractivity contribution in [3.63, 3.8) is 0 Å². The normalized spacial score (nSPS) is 11.9. The van der Waals surface area contributed by atoms with Gasteiger partial charge in [0.05, 0.1) is 18.2 Å². The molecule has 1 aromatic heterocycles. The van der Waals surface area contributed by atoms with Crippen molar-refractivity contribution in [1.29, 1.82) is 0 Å². The Morgan fingerprint density at radius 1 is 1.00 bits per heavy atom. The fourth-order valence-electron chi connectivity index (χ4n) is 3.33. The molecule has 158 valence electrons. The Bertz CT molecular complexity index is 933. The summed E-state index contributed by atoms with van der Waals surface area (Å²) in [7, 11) is 0. The lowest BCUT2D eigenvalue weighted by Gasteiger charge is -2.26. The molecule has 6 heteroatoms. The van der Waals surface area contributed by atoms with Gasteiger partial charge in [-0.3, -0.25) is 4.79 Å². The highest BCUT2D eigenvalue weighted by Crippen LogP contribution is 2.16. The number of ether oxygens (including phenoxy) is 1. The number of nitrogens with zero attached hydrogens (tertiary/aromatic N) is 2. The van der Waals surface area contributed by atoms with Crippen LogP contribution in [0.2, 0.25) is 0 Å². The van der Waals surface area contributed by atoms with E-state index in [0.29, 0.717) is 45.0 Å². The SMILES string of the molecule is NCCC[C@H](N)C(=O)N(CCCOc1ccc2ccccc2n1)Cc1ccccc1. The summed E-state index contributed by atoms with van der Waals surface area (Å²) in [5.41, 5.74) is 13.7. The lowest BCUT2D eigenvalue weighted by Crippen LogP contribution is -2.44. The average molecular weight is 407 g/mol. The average Bonchev–Trinajstić information content (AvgIpc) is 2.79. The molecule has 0 bridgehead atoms. The van der Waals surface area contributed by atoms with Gasteiger partial charge < -0.3 is 21.1 Å². The zero-order chi connectivity index (χ0) is 21.2. The van der Waals surface area contributed by atoms with Gasteiger partial charge in [0.25, 0.3) is 0 Å². The number of carbonyl (C=O) groups is 1. The van der Waals surface area contributed by atoms with E-state index in [2.05, 4.69) is 4.98 Å². The van der Waals surface area contributed by atoms with Crippen LogP contribution in [0, 0.1) is 0 Å².